The Morgan fingerprint density at radius 1 is 1.24 bits per heavy atom. The molecule has 1 aliphatic carbocycles. The predicted octanol–water partition coefficient (Wildman–Crippen LogP) is 4.38. The number of nitrogens with zero attached hydrogens (tertiary/aromatic N) is 3. The lowest BCUT2D eigenvalue weighted by Crippen LogP contribution is -2.38. The second-order valence-electron chi connectivity index (χ2n) is 7.55. The molecule has 0 N–H and O–H groups in total. The van der Waals surface area contributed by atoms with Crippen molar-refractivity contribution in [2.75, 3.05) is 13.1 Å². The number of allylic oxidation sites excluding steroid dienone is 2. The van der Waals surface area contributed by atoms with Gasteiger partial charge in [0.15, 0.2) is 0 Å². The standard InChI is InChI=1S/C20H27N3OS/c1-13-14(2)25-20-19(21-15(3)23(13)20)17-8-10-22(11-9-17)18(24)12-16-6-4-5-7-16/h4,6,16-17H,5,7-12H2,1-3H3. The molecule has 0 aromatic carbocycles. The number of imidazole rings is 1. The van der Waals surface area contributed by atoms with Gasteiger partial charge in [0.05, 0.1) is 5.69 Å². The van der Waals surface area contributed by atoms with Crippen LogP contribution in [-0.4, -0.2) is 33.3 Å². The Balaban J connectivity index is 1.44. The van der Waals surface area contributed by atoms with Gasteiger partial charge in [-0.05, 0) is 52.4 Å². The minimum absolute atomic E-state index is 0.337. The molecule has 0 radical (unpaired) electrons. The SMILES string of the molecule is Cc1sc2c(C3CCN(C(=O)CC4C=CCC4)CC3)nc(C)n2c1C. The molecule has 1 saturated heterocycles. The molecule has 1 unspecified atom stereocenters. The predicted molar refractivity (Wildman–Crippen MR) is 102 cm³/mol. The third kappa shape index (κ3) is 3.03. The van der Waals surface area contributed by atoms with E-state index >= 15 is 0 Å². The molecule has 1 amide bonds. The van der Waals surface area contributed by atoms with E-state index in [9.17, 15) is 4.79 Å². The number of carbonyl (C=O) groups excluding carboxylic acids is 1. The summed E-state index contributed by atoms with van der Waals surface area (Å²) in [6.07, 6.45) is 9.47. The average molecular weight is 358 g/mol. The highest BCUT2D eigenvalue weighted by atomic mass is 32.1. The van der Waals surface area contributed by atoms with Crippen molar-refractivity contribution in [2.45, 2.75) is 58.8 Å². The number of likely N-dealkylation sites (tertiary alicyclic amines) is 1. The Hall–Kier alpha value is -1.62. The maximum absolute atomic E-state index is 12.5. The Bertz CT molecular complexity index is 824. The summed E-state index contributed by atoms with van der Waals surface area (Å²) in [4.78, 5) is 22.2. The number of carbonyl (C=O) groups is 1. The minimum atomic E-state index is 0.337. The van der Waals surface area contributed by atoms with Gasteiger partial charge < -0.3 is 4.90 Å². The van der Waals surface area contributed by atoms with E-state index in [-0.39, 0.29) is 0 Å². The molecular weight excluding hydrogens is 330 g/mol. The van der Waals surface area contributed by atoms with E-state index in [1.54, 1.807) is 0 Å². The van der Waals surface area contributed by atoms with Gasteiger partial charge in [0, 0.05) is 36.0 Å². The number of amides is 1. The van der Waals surface area contributed by atoms with E-state index in [2.05, 4.69) is 42.2 Å². The third-order valence-corrected chi connectivity index (χ3v) is 7.09. The van der Waals surface area contributed by atoms with Crippen LogP contribution in [-0.2, 0) is 4.79 Å². The zero-order valence-electron chi connectivity index (χ0n) is 15.4. The van der Waals surface area contributed by atoms with Crippen molar-refractivity contribution in [1.82, 2.24) is 14.3 Å². The highest BCUT2D eigenvalue weighted by molar-refractivity contribution is 7.17. The molecule has 134 valence electrons. The lowest BCUT2D eigenvalue weighted by Gasteiger charge is -2.32. The van der Waals surface area contributed by atoms with Crippen molar-refractivity contribution in [3.63, 3.8) is 0 Å². The molecule has 2 aromatic rings. The second kappa shape index (κ2) is 6.60. The van der Waals surface area contributed by atoms with Gasteiger partial charge in [-0.15, -0.1) is 11.3 Å². The summed E-state index contributed by atoms with van der Waals surface area (Å²) >= 11 is 1.86. The van der Waals surface area contributed by atoms with Crippen LogP contribution in [0.3, 0.4) is 0 Å². The molecule has 2 aromatic heterocycles. The van der Waals surface area contributed by atoms with Crippen molar-refractivity contribution in [3.05, 3.63) is 34.2 Å². The molecule has 25 heavy (non-hydrogen) atoms. The second-order valence-corrected chi connectivity index (χ2v) is 8.76. The Morgan fingerprint density at radius 3 is 2.68 bits per heavy atom. The first kappa shape index (κ1) is 16.8. The van der Waals surface area contributed by atoms with E-state index in [1.807, 2.05) is 11.3 Å². The number of piperidine rings is 1. The Morgan fingerprint density at radius 2 is 2.00 bits per heavy atom. The molecule has 0 bridgehead atoms. The van der Waals surface area contributed by atoms with Crippen LogP contribution in [0, 0.1) is 26.7 Å². The van der Waals surface area contributed by atoms with Crippen molar-refractivity contribution in [3.8, 4) is 0 Å². The fraction of sp³-hybridized carbons (Fsp3) is 0.600. The molecule has 0 spiro atoms. The summed E-state index contributed by atoms with van der Waals surface area (Å²) in [6.45, 7) is 8.22. The van der Waals surface area contributed by atoms with Gasteiger partial charge in [0.25, 0.3) is 0 Å². The van der Waals surface area contributed by atoms with Gasteiger partial charge >= 0.3 is 0 Å². The fourth-order valence-corrected chi connectivity index (χ4v) is 5.50. The summed E-state index contributed by atoms with van der Waals surface area (Å²) in [5.41, 5.74) is 2.57. The third-order valence-electron chi connectivity index (χ3n) is 5.91. The van der Waals surface area contributed by atoms with Crippen LogP contribution in [0.4, 0.5) is 0 Å². The lowest BCUT2D eigenvalue weighted by atomic mass is 9.93. The molecule has 0 saturated carbocycles. The van der Waals surface area contributed by atoms with E-state index in [1.165, 1.54) is 21.1 Å². The Kier molecular flexibility index (Phi) is 4.44. The van der Waals surface area contributed by atoms with Gasteiger partial charge in [0.1, 0.15) is 10.7 Å². The number of rotatable bonds is 3. The monoisotopic (exact) mass is 357 g/mol. The first-order valence-electron chi connectivity index (χ1n) is 9.44. The largest absolute Gasteiger partial charge is 0.343 e. The zero-order valence-corrected chi connectivity index (χ0v) is 16.2. The van der Waals surface area contributed by atoms with Gasteiger partial charge in [0.2, 0.25) is 5.91 Å². The van der Waals surface area contributed by atoms with Gasteiger partial charge in [-0.3, -0.25) is 9.20 Å². The average Bonchev–Trinajstić information content (AvgIpc) is 3.29. The zero-order chi connectivity index (χ0) is 17.6. The van der Waals surface area contributed by atoms with Crippen LogP contribution in [0.25, 0.3) is 4.83 Å². The van der Waals surface area contributed by atoms with Crippen LogP contribution in [0.15, 0.2) is 12.2 Å². The minimum Gasteiger partial charge on any atom is -0.343 e. The molecule has 4 rings (SSSR count). The molecule has 3 heterocycles. The molecule has 1 atom stereocenters. The van der Waals surface area contributed by atoms with Crippen molar-refractivity contribution >= 4 is 22.1 Å². The van der Waals surface area contributed by atoms with Crippen LogP contribution in [0.5, 0.6) is 0 Å². The first-order valence-corrected chi connectivity index (χ1v) is 10.3. The van der Waals surface area contributed by atoms with Crippen molar-refractivity contribution in [2.24, 2.45) is 5.92 Å². The number of hydrogen-bond acceptors (Lipinski definition) is 3. The lowest BCUT2D eigenvalue weighted by molar-refractivity contribution is -0.132. The van der Waals surface area contributed by atoms with Gasteiger partial charge in [-0.2, -0.15) is 0 Å². The van der Waals surface area contributed by atoms with Gasteiger partial charge in [-0.1, -0.05) is 12.2 Å². The summed E-state index contributed by atoms with van der Waals surface area (Å²) in [7, 11) is 0. The van der Waals surface area contributed by atoms with E-state index in [0.29, 0.717) is 24.2 Å². The number of aromatic nitrogens is 2. The summed E-state index contributed by atoms with van der Waals surface area (Å²) in [5, 5.41) is 0. The maximum atomic E-state index is 12.5. The molecule has 2 aliphatic rings. The molecular formula is C20H27N3OS. The Labute approximate surface area is 153 Å². The molecule has 1 fully saturated rings. The molecule has 4 nitrogen and oxygen atoms in total. The van der Waals surface area contributed by atoms with E-state index in [0.717, 1.165) is 44.6 Å². The normalized spacial score (nSPS) is 21.6. The van der Waals surface area contributed by atoms with Crippen molar-refractivity contribution in [1.29, 1.82) is 0 Å². The molecule has 1 aliphatic heterocycles. The van der Waals surface area contributed by atoms with E-state index in [4.69, 9.17) is 4.98 Å². The number of hydrogen-bond donors (Lipinski definition) is 0. The highest BCUT2D eigenvalue weighted by Crippen LogP contribution is 2.35. The number of aryl methyl sites for hydroxylation is 3. The molecule has 5 heteroatoms. The summed E-state index contributed by atoms with van der Waals surface area (Å²) in [6, 6.07) is 0. The first-order chi connectivity index (χ1) is 12.0. The quantitative estimate of drug-likeness (QED) is 0.764. The van der Waals surface area contributed by atoms with E-state index < -0.39 is 0 Å². The topological polar surface area (TPSA) is 37.6 Å². The number of thiazole rings is 1. The van der Waals surface area contributed by atoms with Crippen LogP contribution in [0.2, 0.25) is 0 Å². The van der Waals surface area contributed by atoms with Crippen LogP contribution < -0.4 is 0 Å². The maximum Gasteiger partial charge on any atom is 0.223 e. The summed E-state index contributed by atoms with van der Waals surface area (Å²) in [5.74, 6) is 2.39. The highest BCUT2D eigenvalue weighted by Gasteiger charge is 2.29. The fourth-order valence-electron chi connectivity index (χ4n) is 4.29. The number of fused-ring (bicyclic) bond motifs is 1. The smallest absolute Gasteiger partial charge is 0.223 e. The van der Waals surface area contributed by atoms with Crippen LogP contribution >= 0.6 is 11.3 Å². The van der Waals surface area contributed by atoms with Crippen molar-refractivity contribution < 1.29 is 4.79 Å². The van der Waals surface area contributed by atoms with Crippen LogP contribution in [0.1, 0.15) is 60.1 Å². The van der Waals surface area contributed by atoms with Gasteiger partial charge in [-0.25, -0.2) is 4.98 Å². The summed E-state index contributed by atoms with van der Waals surface area (Å²) < 4.78 is 2.30.